The Balaban J connectivity index is 1.21. The second kappa shape index (κ2) is 11.7. The van der Waals surface area contributed by atoms with Crippen molar-refractivity contribution in [1.29, 1.82) is 0 Å². The summed E-state index contributed by atoms with van der Waals surface area (Å²) in [6.45, 7) is 4.74. The van der Waals surface area contributed by atoms with Gasteiger partial charge < -0.3 is 4.90 Å². The van der Waals surface area contributed by atoms with Crippen LogP contribution in [0.1, 0.15) is 25.0 Å². The van der Waals surface area contributed by atoms with Crippen LogP contribution in [0, 0.1) is 0 Å². The summed E-state index contributed by atoms with van der Waals surface area (Å²) in [6.07, 6.45) is 0. The first-order valence-electron chi connectivity index (χ1n) is 18.9. The van der Waals surface area contributed by atoms with Crippen molar-refractivity contribution in [2.75, 3.05) is 4.90 Å². The lowest BCUT2D eigenvalue weighted by Crippen LogP contribution is -2.72. The number of hydrogen-bond acceptors (Lipinski definition) is 2. The molecule has 0 saturated carbocycles. The first-order chi connectivity index (χ1) is 26.5. The molecule has 0 radical (unpaired) electrons. The Kier molecular flexibility index (Phi) is 6.86. The number of benzene rings is 8. The highest BCUT2D eigenvalue weighted by atomic mass is 32.1. The summed E-state index contributed by atoms with van der Waals surface area (Å²) in [5.41, 5.74) is 11.6. The third-order valence-electron chi connectivity index (χ3n) is 12.1. The molecular formula is C51H37NSSi. The SMILES string of the molecule is CC1(C)c2ccccc2-c2ccc(N(c3ccccc3)c3ccc4c(c3)[Si](c3ccccc3)(c3ccccc3)c3ccc5c(sc6ccccc65)c3-4)cc21. The fourth-order valence-electron chi connectivity index (χ4n) is 9.73. The van der Waals surface area contributed by atoms with Gasteiger partial charge in [-0.1, -0.05) is 159 Å². The average molecular weight is 724 g/mol. The highest BCUT2D eigenvalue weighted by Gasteiger charge is 2.50. The van der Waals surface area contributed by atoms with Crippen LogP contribution >= 0.6 is 11.3 Å². The second-order valence-electron chi connectivity index (χ2n) is 15.2. The van der Waals surface area contributed by atoms with Gasteiger partial charge in [0.25, 0.3) is 0 Å². The Morgan fingerprint density at radius 1 is 0.444 bits per heavy atom. The van der Waals surface area contributed by atoms with E-state index in [1.165, 1.54) is 85.7 Å². The molecule has 256 valence electrons. The second-order valence-corrected chi connectivity index (χ2v) is 20.0. The molecule has 0 N–H and O–H groups in total. The van der Waals surface area contributed by atoms with E-state index in [-0.39, 0.29) is 5.41 Å². The summed E-state index contributed by atoms with van der Waals surface area (Å²) in [5, 5.41) is 8.45. The van der Waals surface area contributed by atoms with Crippen molar-refractivity contribution in [2.45, 2.75) is 19.3 Å². The van der Waals surface area contributed by atoms with Gasteiger partial charge in [0.2, 0.25) is 0 Å². The summed E-state index contributed by atoms with van der Waals surface area (Å²) in [7, 11) is -2.77. The number of nitrogens with zero attached hydrogens (tertiary/aromatic N) is 1. The number of hydrogen-bond donors (Lipinski definition) is 0. The topological polar surface area (TPSA) is 3.24 Å². The average Bonchev–Trinajstić information content (AvgIpc) is 3.83. The highest BCUT2D eigenvalue weighted by Crippen LogP contribution is 2.51. The molecule has 3 heteroatoms. The number of para-hydroxylation sites is 1. The zero-order chi connectivity index (χ0) is 36.0. The highest BCUT2D eigenvalue weighted by molar-refractivity contribution is 7.28. The Morgan fingerprint density at radius 3 is 1.78 bits per heavy atom. The monoisotopic (exact) mass is 723 g/mol. The van der Waals surface area contributed by atoms with Gasteiger partial charge in [-0.25, -0.2) is 0 Å². The molecule has 2 heterocycles. The van der Waals surface area contributed by atoms with E-state index in [1.54, 1.807) is 0 Å². The van der Waals surface area contributed by atoms with E-state index >= 15 is 0 Å². The molecule has 1 aliphatic carbocycles. The summed E-state index contributed by atoms with van der Waals surface area (Å²) in [6, 6.07) is 70.9. The minimum Gasteiger partial charge on any atom is -0.310 e. The van der Waals surface area contributed by atoms with Crippen LogP contribution in [0.5, 0.6) is 0 Å². The summed E-state index contributed by atoms with van der Waals surface area (Å²) in [4.78, 5) is 2.48. The Bertz CT molecular complexity index is 2870. The van der Waals surface area contributed by atoms with E-state index < -0.39 is 8.07 Å². The van der Waals surface area contributed by atoms with Crippen LogP contribution in [0.3, 0.4) is 0 Å². The van der Waals surface area contributed by atoms with Crippen LogP contribution in [0.25, 0.3) is 42.4 Å². The van der Waals surface area contributed by atoms with Crippen LogP contribution in [0.4, 0.5) is 17.1 Å². The van der Waals surface area contributed by atoms with E-state index in [0.29, 0.717) is 0 Å². The third-order valence-corrected chi connectivity index (χ3v) is 18.2. The van der Waals surface area contributed by atoms with Crippen LogP contribution < -0.4 is 25.6 Å². The largest absolute Gasteiger partial charge is 0.310 e. The maximum absolute atomic E-state index is 2.77. The summed E-state index contributed by atoms with van der Waals surface area (Å²) >= 11 is 1.94. The van der Waals surface area contributed by atoms with Crippen LogP contribution in [-0.4, -0.2) is 8.07 Å². The summed E-state index contributed by atoms with van der Waals surface area (Å²) < 4.78 is 2.74. The minimum absolute atomic E-state index is 0.0951. The Hall–Kier alpha value is -6.00. The number of thiophene rings is 1. The van der Waals surface area contributed by atoms with Gasteiger partial charge in [-0.2, -0.15) is 0 Å². The first-order valence-corrected chi connectivity index (χ1v) is 21.7. The molecular weight excluding hydrogens is 687 g/mol. The van der Waals surface area contributed by atoms with Gasteiger partial charge in [0.05, 0.1) is 0 Å². The van der Waals surface area contributed by atoms with Crippen LogP contribution in [-0.2, 0) is 5.41 Å². The molecule has 54 heavy (non-hydrogen) atoms. The van der Waals surface area contributed by atoms with E-state index in [2.05, 4.69) is 207 Å². The van der Waals surface area contributed by atoms with Crippen LogP contribution in [0.15, 0.2) is 188 Å². The van der Waals surface area contributed by atoms with Gasteiger partial charge in [-0.15, -0.1) is 11.3 Å². The van der Waals surface area contributed by atoms with Gasteiger partial charge in [-0.05, 0) is 96.6 Å². The van der Waals surface area contributed by atoms with Gasteiger partial charge in [0.1, 0.15) is 0 Å². The molecule has 1 aromatic heterocycles. The molecule has 8 aromatic carbocycles. The van der Waals surface area contributed by atoms with E-state index in [9.17, 15) is 0 Å². The fraction of sp³-hybridized carbons (Fsp3) is 0.0588. The molecule has 0 atom stereocenters. The fourth-order valence-corrected chi connectivity index (χ4v) is 16.3. The number of fused-ring (bicyclic) bond motifs is 10. The zero-order valence-electron chi connectivity index (χ0n) is 30.3. The molecule has 0 amide bonds. The molecule has 11 rings (SSSR count). The Labute approximate surface area is 321 Å². The summed E-state index contributed by atoms with van der Waals surface area (Å²) in [5.74, 6) is 0. The van der Waals surface area contributed by atoms with Crippen molar-refractivity contribution in [3.05, 3.63) is 199 Å². The minimum atomic E-state index is -2.77. The molecule has 0 saturated heterocycles. The Morgan fingerprint density at radius 2 is 1.04 bits per heavy atom. The molecule has 2 aliphatic rings. The lowest BCUT2D eigenvalue weighted by Gasteiger charge is -2.33. The van der Waals surface area contributed by atoms with E-state index in [4.69, 9.17) is 0 Å². The van der Waals surface area contributed by atoms with E-state index in [0.717, 1.165) is 5.69 Å². The van der Waals surface area contributed by atoms with Crippen molar-refractivity contribution < 1.29 is 0 Å². The molecule has 1 aliphatic heterocycles. The van der Waals surface area contributed by atoms with E-state index in [1.807, 2.05) is 11.3 Å². The van der Waals surface area contributed by atoms with Crippen LogP contribution in [0.2, 0.25) is 0 Å². The lowest BCUT2D eigenvalue weighted by atomic mass is 9.82. The van der Waals surface area contributed by atoms with Gasteiger partial charge in [0, 0.05) is 42.6 Å². The van der Waals surface area contributed by atoms with Crippen molar-refractivity contribution in [3.63, 3.8) is 0 Å². The normalized spacial score (nSPS) is 14.4. The lowest BCUT2D eigenvalue weighted by molar-refractivity contribution is 0.660. The number of anilines is 3. The van der Waals surface area contributed by atoms with Gasteiger partial charge in [-0.3, -0.25) is 0 Å². The molecule has 9 aromatic rings. The molecule has 0 fully saturated rings. The quantitative estimate of drug-likeness (QED) is 0.160. The zero-order valence-corrected chi connectivity index (χ0v) is 32.1. The van der Waals surface area contributed by atoms with Crippen molar-refractivity contribution >= 4 is 77.4 Å². The standard InChI is InChI=1S/C51H37NSSi/c1-51(2)44-24-14-12-22-39(44)40-28-26-35(32-45(40)51)52(34-16-6-3-7-17-34)36-27-29-43-48(33-36)54(37-18-8-4-9-19-37,38-20-10-5-11-21-38)47-31-30-42-41-23-13-15-25-46(41)53-50(42)49(43)47/h3-33H,1-2H3. The molecule has 1 nitrogen and oxygen atoms in total. The molecule has 0 spiro atoms. The predicted octanol–water partition coefficient (Wildman–Crippen LogP) is 11.2. The molecule has 0 bridgehead atoms. The first kappa shape index (κ1) is 31.5. The smallest absolute Gasteiger partial charge is 0.181 e. The number of rotatable bonds is 5. The third kappa shape index (κ3) is 4.31. The predicted molar refractivity (Wildman–Crippen MR) is 234 cm³/mol. The maximum Gasteiger partial charge on any atom is 0.181 e. The van der Waals surface area contributed by atoms with Crippen molar-refractivity contribution in [2.24, 2.45) is 0 Å². The van der Waals surface area contributed by atoms with Crippen molar-refractivity contribution in [3.8, 4) is 22.3 Å². The van der Waals surface area contributed by atoms with Crippen molar-refractivity contribution in [1.82, 2.24) is 0 Å². The molecule has 0 unspecified atom stereocenters. The van der Waals surface area contributed by atoms with Gasteiger partial charge in [0.15, 0.2) is 8.07 Å². The van der Waals surface area contributed by atoms with Gasteiger partial charge >= 0.3 is 0 Å². The maximum atomic E-state index is 2.56.